The van der Waals surface area contributed by atoms with Crippen molar-refractivity contribution in [1.82, 2.24) is 9.88 Å². The SMILES string of the molecule is CC(=O)Nc1nc(CN2CCCC2c2ccc(Br)cc2)cs1. The Kier molecular flexibility index (Phi) is 4.90. The number of anilines is 1. The van der Waals surface area contributed by atoms with Crippen LogP contribution in [0.3, 0.4) is 0 Å². The Morgan fingerprint density at radius 1 is 1.45 bits per heavy atom. The zero-order valence-corrected chi connectivity index (χ0v) is 14.8. The number of amides is 1. The van der Waals surface area contributed by atoms with Crippen LogP contribution in [0.1, 0.15) is 37.1 Å². The quantitative estimate of drug-likeness (QED) is 0.865. The number of rotatable bonds is 4. The van der Waals surface area contributed by atoms with Gasteiger partial charge in [-0.15, -0.1) is 11.3 Å². The summed E-state index contributed by atoms with van der Waals surface area (Å²) in [6.45, 7) is 3.43. The molecule has 0 radical (unpaired) electrons. The first-order valence-corrected chi connectivity index (χ1v) is 9.00. The molecule has 6 heteroatoms. The van der Waals surface area contributed by atoms with Crippen molar-refractivity contribution < 1.29 is 4.79 Å². The molecule has 2 heterocycles. The van der Waals surface area contributed by atoms with Crippen molar-refractivity contribution in [3.8, 4) is 0 Å². The number of hydrogen-bond donors (Lipinski definition) is 1. The summed E-state index contributed by atoms with van der Waals surface area (Å²) in [4.78, 5) is 18.0. The highest BCUT2D eigenvalue weighted by molar-refractivity contribution is 9.10. The summed E-state index contributed by atoms with van der Waals surface area (Å²) in [5, 5.41) is 5.46. The van der Waals surface area contributed by atoms with Gasteiger partial charge in [0, 0.05) is 29.4 Å². The number of carbonyl (C=O) groups is 1. The van der Waals surface area contributed by atoms with E-state index in [2.05, 4.69) is 55.4 Å². The number of thiazole rings is 1. The van der Waals surface area contributed by atoms with E-state index in [0.29, 0.717) is 11.2 Å². The predicted molar refractivity (Wildman–Crippen MR) is 92.9 cm³/mol. The van der Waals surface area contributed by atoms with Gasteiger partial charge in [0.1, 0.15) is 0 Å². The molecule has 1 atom stereocenters. The van der Waals surface area contributed by atoms with Gasteiger partial charge in [0.15, 0.2) is 5.13 Å². The molecule has 116 valence electrons. The largest absolute Gasteiger partial charge is 0.302 e. The van der Waals surface area contributed by atoms with Gasteiger partial charge < -0.3 is 5.32 Å². The van der Waals surface area contributed by atoms with Crippen LogP contribution in [0, 0.1) is 0 Å². The third-order valence-corrected chi connectivity index (χ3v) is 5.15. The lowest BCUT2D eigenvalue weighted by Crippen LogP contribution is -2.23. The van der Waals surface area contributed by atoms with Gasteiger partial charge in [0.25, 0.3) is 0 Å². The van der Waals surface area contributed by atoms with E-state index in [1.165, 1.54) is 36.7 Å². The maximum absolute atomic E-state index is 11.1. The highest BCUT2D eigenvalue weighted by atomic mass is 79.9. The Morgan fingerprint density at radius 2 is 2.23 bits per heavy atom. The van der Waals surface area contributed by atoms with Gasteiger partial charge in [-0.1, -0.05) is 28.1 Å². The molecule has 22 heavy (non-hydrogen) atoms. The summed E-state index contributed by atoms with van der Waals surface area (Å²) in [6.07, 6.45) is 2.40. The highest BCUT2D eigenvalue weighted by Crippen LogP contribution is 2.34. The van der Waals surface area contributed by atoms with E-state index in [9.17, 15) is 4.79 Å². The van der Waals surface area contributed by atoms with E-state index in [4.69, 9.17) is 0 Å². The molecule has 1 aromatic carbocycles. The second-order valence-corrected chi connectivity index (χ2v) is 7.28. The van der Waals surface area contributed by atoms with E-state index in [0.717, 1.165) is 23.3 Å². The highest BCUT2D eigenvalue weighted by Gasteiger charge is 2.26. The molecule has 1 aromatic heterocycles. The standard InChI is InChI=1S/C16H18BrN3OS/c1-11(21)18-16-19-14(10-22-16)9-20-8-2-3-15(20)12-4-6-13(17)7-5-12/h4-7,10,15H,2-3,8-9H2,1H3,(H,18,19,21). The molecule has 1 fully saturated rings. The maximum atomic E-state index is 11.1. The molecule has 2 aromatic rings. The van der Waals surface area contributed by atoms with Crippen LogP contribution in [0.15, 0.2) is 34.1 Å². The number of carbonyl (C=O) groups excluding carboxylic acids is 1. The molecule has 1 aliphatic rings. The van der Waals surface area contributed by atoms with Crippen LogP contribution in [-0.4, -0.2) is 22.3 Å². The van der Waals surface area contributed by atoms with Gasteiger partial charge in [-0.05, 0) is 37.1 Å². The minimum Gasteiger partial charge on any atom is -0.302 e. The van der Waals surface area contributed by atoms with Gasteiger partial charge in [0.2, 0.25) is 5.91 Å². The molecule has 0 spiro atoms. The van der Waals surface area contributed by atoms with Crippen molar-refractivity contribution in [3.05, 3.63) is 45.4 Å². The van der Waals surface area contributed by atoms with Crippen molar-refractivity contribution in [3.63, 3.8) is 0 Å². The monoisotopic (exact) mass is 379 g/mol. The van der Waals surface area contributed by atoms with Crippen molar-refractivity contribution >= 4 is 38.3 Å². The van der Waals surface area contributed by atoms with Crippen molar-refractivity contribution in [2.75, 3.05) is 11.9 Å². The molecule has 1 saturated heterocycles. The van der Waals surface area contributed by atoms with Gasteiger partial charge >= 0.3 is 0 Å². The minimum absolute atomic E-state index is 0.0742. The predicted octanol–water partition coefficient (Wildman–Crippen LogP) is 4.20. The van der Waals surface area contributed by atoms with Crippen LogP contribution in [0.4, 0.5) is 5.13 Å². The number of benzene rings is 1. The lowest BCUT2D eigenvalue weighted by molar-refractivity contribution is -0.114. The molecule has 0 bridgehead atoms. The number of likely N-dealkylation sites (tertiary alicyclic amines) is 1. The molecule has 1 aliphatic heterocycles. The topological polar surface area (TPSA) is 45.2 Å². The summed E-state index contributed by atoms with van der Waals surface area (Å²) in [7, 11) is 0. The Hall–Kier alpha value is -1.24. The number of aromatic nitrogens is 1. The molecule has 4 nitrogen and oxygen atoms in total. The smallest absolute Gasteiger partial charge is 0.223 e. The van der Waals surface area contributed by atoms with Gasteiger partial charge in [-0.25, -0.2) is 4.98 Å². The van der Waals surface area contributed by atoms with E-state index in [-0.39, 0.29) is 5.91 Å². The Bertz CT molecular complexity index is 656. The number of nitrogens with zero attached hydrogens (tertiary/aromatic N) is 2. The van der Waals surface area contributed by atoms with Crippen LogP contribution in [0.2, 0.25) is 0 Å². The minimum atomic E-state index is -0.0742. The molecular formula is C16H18BrN3OS. The van der Waals surface area contributed by atoms with Crippen molar-refractivity contribution in [1.29, 1.82) is 0 Å². The first kappa shape index (κ1) is 15.6. The Morgan fingerprint density at radius 3 is 2.95 bits per heavy atom. The average molecular weight is 380 g/mol. The van der Waals surface area contributed by atoms with Gasteiger partial charge in [0.05, 0.1) is 5.69 Å². The van der Waals surface area contributed by atoms with Crippen LogP contribution in [0.25, 0.3) is 0 Å². The fraction of sp³-hybridized carbons (Fsp3) is 0.375. The summed E-state index contributed by atoms with van der Waals surface area (Å²) in [5.41, 5.74) is 2.38. The van der Waals surface area contributed by atoms with Crippen LogP contribution in [0.5, 0.6) is 0 Å². The normalized spacial score (nSPS) is 18.5. The second-order valence-electron chi connectivity index (χ2n) is 5.51. The molecular weight excluding hydrogens is 362 g/mol. The molecule has 0 aliphatic carbocycles. The summed E-state index contributed by atoms with van der Waals surface area (Å²) < 4.78 is 1.11. The van der Waals surface area contributed by atoms with Gasteiger partial charge in [-0.2, -0.15) is 0 Å². The lowest BCUT2D eigenvalue weighted by atomic mass is 10.0. The maximum Gasteiger partial charge on any atom is 0.223 e. The van der Waals surface area contributed by atoms with Crippen LogP contribution >= 0.6 is 27.3 Å². The molecule has 3 rings (SSSR count). The zero-order valence-electron chi connectivity index (χ0n) is 12.4. The third-order valence-electron chi connectivity index (χ3n) is 3.82. The van der Waals surface area contributed by atoms with E-state index < -0.39 is 0 Å². The molecule has 1 amide bonds. The van der Waals surface area contributed by atoms with Crippen molar-refractivity contribution in [2.45, 2.75) is 32.4 Å². The summed E-state index contributed by atoms with van der Waals surface area (Å²) >= 11 is 4.97. The average Bonchev–Trinajstić information content (AvgIpc) is 3.09. The lowest BCUT2D eigenvalue weighted by Gasteiger charge is -2.24. The number of halogens is 1. The van der Waals surface area contributed by atoms with Gasteiger partial charge in [-0.3, -0.25) is 9.69 Å². The first-order valence-electron chi connectivity index (χ1n) is 7.33. The zero-order chi connectivity index (χ0) is 15.5. The number of nitrogens with one attached hydrogen (secondary N) is 1. The van der Waals surface area contributed by atoms with E-state index >= 15 is 0 Å². The number of hydrogen-bond acceptors (Lipinski definition) is 4. The summed E-state index contributed by atoms with van der Waals surface area (Å²) in [6, 6.07) is 9.04. The van der Waals surface area contributed by atoms with Crippen molar-refractivity contribution in [2.24, 2.45) is 0 Å². The molecule has 0 saturated carbocycles. The Labute approximate surface area is 142 Å². The molecule has 1 unspecified atom stereocenters. The third kappa shape index (κ3) is 3.74. The fourth-order valence-corrected chi connectivity index (χ4v) is 3.89. The fourth-order valence-electron chi connectivity index (χ4n) is 2.87. The van der Waals surface area contributed by atoms with E-state index in [1.807, 2.05) is 5.38 Å². The second kappa shape index (κ2) is 6.89. The Balaban J connectivity index is 1.69. The van der Waals surface area contributed by atoms with Crippen LogP contribution in [-0.2, 0) is 11.3 Å². The van der Waals surface area contributed by atoms with Crippen LogP contribution < -0.4 is 5.32 Å². The summed E-state index contributed by atoms with van der Waals surface area (Å²) in [5.74, 6) is -0.0742. The van der Waals surface area contributed by atoms with E-state index in [1.54, 1.807) is 0 Å². The first-order chi connectivity index (χ1) is 10.6. The molecule has 1 N–H and O–H groups in total.